The Bertz CT molecular complexity index is 245. The van der Waals surface area contributed by atoms with Crippen LogP contribution >= 0.6 is 0 Å². The Hall–Kier alpha value is -0.630. The molecule has 4 atom stereocenters. The Balaban J connectivity index is 2.09. The number of hydrogen-bond acceptors (Lipinski definition) is 2. The van der Waals surface area contributed by atoms with Crippen molar-refractivity contribution >= 4 is 5.78 Å². The number of fused-ring (bicyclic) bond motifs is 6. The van der Waals surface area contributed by atoms with Crippen molar-refractivity contribution < 1.29 is 9.90 Å². The van der Waals surface area contributed by atoms with E-state index in [-0.39, 0.29) is 29.8 Å². The normalized spacial score (nSPS) is 55.1. The number of aliphatic hydroxyl groups is 1. The van der Waals surface area contributed by atoms with Crippen molar-refractivity contribution in [1.29, 1.82) is 0 Å². The van der Waals surface area contributed by atoms with Crippen LogP contribution in [0.15, 0.2) is 12.2 Å². The number of rotatable bonds is 0. The molecule has 0 aromatic rings. The molecule has 0 radical (unpaired) electrons. The summed E-state index contributed by atoms with van der Waals surface area (Å²) < 4.78 is 0. The maximum Gasteiger partial charge on any atom is 0.140 e. The zero-order valence-corrected chi connectivity index (χ0v) is 6.81. The van der Waals surface area contributed by atoms with Crippen LogP contribution in [0, 0.1) is 23.7 Å². The van der Waals surface area contributed by atoms with E-state index >= 15 is 0 Å². The molecule has 0 spiro atoms. The number of hydrogen-bond donors (Lipinski definition) is 1. The molecule has 1 N–H and O–H groups in total. The van der Waals surface area contributed by atoms with Crippen molar-refractivity contribution in [1.82, 2.24) is 0 Å². The predicted octanol–water partition coefficient (Wildman–Crippen LogP) is 0.758. The molecule has 2 heteroatoms. The standard InChI is InChI=1S/C10H12O2/c11-9-5-1-2-6(9)8-4-3-7(5)10(8)12/h1-2,5-9,11H,3-4H2. The SMILES string of the molecule is O=C1C2CCC1C1C=CC2C1O. The highest BCUT2D eigenvalue weighted by Gasteiger charge is 2.53. The zero-order valence-electron chi connectivity index (χ0n) is 6.81. The molecular formula is C10H12O2. The van der Waals surface area contributed by atoms with Crippen molar-refractivity contribution in [2.24, 2.45) is 23.7 Å². The first-order valence-electron chi connectivity index (χ1n) is 4.69. The lowest BCUT2D eigenvalue weighted by Gasteiger charge is -2.30. The van der Waals surface area contributed by atoms with Gasteiger partial charge in [-0.15, -0.1) is 0 Å². The maximum atomic E-state index is 11.6. The fraction of sp³-hybridized carbons (Fsp3) is 0.700. The molecule has 64 valence electrons. The molecule has 2 saturated carbocycles. The Morgan fingerprint density at radius 2 is 1.67 bits per heavy atom. The Labute approximate surface area is 71.3 Å². The third-order valence-corrected chi connectivity index (χ3v) is 3.79. The van der Waals surface area contributed by atoms with Crippen molar-refractivity contribution in [3.05, 3.63) is 12.2 Å². The van der Waals surface area contributed by atoms with Gasteiger partial charge in [-0.1, -0.05) is 12.2 Å². The summed E-state index contributed by atoms with van der Waals surface area (Å²) >= 11 is 0. The highest BCUT2D eigenvalue weighted by Crippen LogP contribution is 2.50. The van der Waals surface area contributed by atoms with E-state index in [9.17, 15) is 9.90 Å². The van der Waals surface area contributed by atoms with Crippen LogP contribution in [0.25, 0.3) is 0 Å². The van der Waals surface area contributed by atoms with E-state index in [0.29, 0.717) is 5.78 Å². The molecule has 0 aliphatic heterocycles. The minimum atomic E-state index is -0.250. The molecule has 2 nitrogen and oxygen atoms in total. The first-order valence-corrected chi connectivity index (χ1v) is 4.69. The van der Waals surface area contributed by atoms with Gasteiger partial charge < -0.3 is 5.11 Å². The molecule has 4 bridgehead atoms. The molecule has 2 fully saturated rings. The quantitative estimate of drug-likeness (QED) is 0.537. The van der Waals surface area contributed by atoms with E-state index in [4.69, 9.17) is 0 Å². The maximum absolute atomic E-state index is 11.6. The molecule has 0 amide bonds. The van der Waals surface area contributed by atoms with E-state index in [1.165, 1.54) is 0 Å². The Kier molecular flexibility index (Phi) is 1.14. The first kappa shape index (κ1) is 6.84. The van der Waals surface area contributed by atoms with Crippen LogP contribution in [-0.2, 0) is 4.79 Å². The van der Waals surface area contributed by atoms with Gasteiger partial charge in [0.25, 0.3) is 0 Å². The number of ketones is 1. The van der Waals surface area contributed by atoms with Crippen LogP contribution in [0.3, 0.4) is 0 Å². The van der Waals surface area contributed by atoms with Crippen LogP contribution in [0.4, 0.5) is 0 Å². The van der Waals surface area contributed by atoms with Crippen molar-refractivity contribution in [3.8, 4) is 0 Å². The fourth-order valence-electron chi connectivity index (χ4n) is 3.17. The lowest BCUT2D eigenvalue weighted by Crippen LogP contribution is -2.40. The van der Waals surface area contributed by atoms with Crippen LogP contribution in [0.1, 0.15) is 12.8 Å². The van der Waals surface area contributed by atoms with Gasteiger partial charge in [0.2, 0.25) is 0 Å². The van der Waals surface area contributed by atoms with Crippen LogP contribution in [0.5, 0.6) is 0 Å². The fourth-order valence-corrected chi connectivity index (χ4v) is 3.17. The second-order valence-corrected chi connectivity index (χ2v) is 4.22. The Morgan fingerprint density at radius 3 is 2.17 bits per heavy atom. The van der Waals surface area contributed by atoms with Crippen molar-refractivity contribution in [2.75, 3.05) is 0 Å². The van der Waals surface area contributed by atoms with Gasteiger partial charge in [-0.25, -0.2) is 0 Å². The summed E-state index contributed by atoms with van der Waals surface area (Å²) in [7, 11) is 0. The molecule has 0 heterocycles. The number of carbonyl (C=O) groups excluding carboxylic acids is 1. The summed E-state index contributed by atoms with van der Waals surface area (Å²) in [5.41, 5.74) is 0. The molecule has 3 aliphatic rings. The molecule has 0 aromatic heterocycles. The monoisotopic (exact) mass is 164 g/mol. The van der Waals surface area contributed by atoms with E-state index in [1.54, 1.807) is 0 Å². The summed E-state index contributed by atoms with van der Waals surface area (Å²) in [5.74, 6) is 1.03. The lowest BCUT2D eigenvalue weighted by molar-refractivity contribution is -0.132. The van der Waals surface area contributed by atoms with Crippen molar-refractivity contribution in [3.63, 3.8) is 0 Å². The highest BCUT2D eigenvalue weighted by molar-refractivity contribution is 5.88. The molecule has 0 aromatic carbocycles. The van der Waals surface area contributed by atoms with Gasteiger partial charge in [-0.2, -0.15) is 0 Å². The summed E-state index contributed by atoms with van der Waals surface area (Å²) in [6.45, 7) is 0. The van der Waals surface area contributed by atoms with Gasteiger partial charge in [0, 0.05) is 23.7 Å². The second kappa shape index (κ2) is 1.99. The third kappa shape index (κ3) is 0.589. The van der Waals surface area contributed by atoms with Gasteiger partial charge in [0.15, 0.2) is 0 Å². The van der Waals surface area contributed by atoms with Gasteiger partial charge in [-0.05, 0) is 12.8 Å². The molecule has 3 aliphatic carbocycles. The first-order chi connectivity index (χ1) is 5.79. The molecule has 0 saturated heterocycles. The van der Waals surface area contributed by atoms with E-state index in [2.05, 4.69) is 12.2 Å². The zero-order chi connectivity index (χ0) is 8.29. The highest BCUT2D eigenvalue weighted by atomic mass is 16.3. The van der Waals surface area contributed by atoms with Crippen molar-refractivity contribution in [2.45, 2.75) is 18.9 Å². The van der Waals surface area contributed by atoms with E-state index in [1.807, 2.05) is 0 Å². The molecule has 3 rings (SSSR count). The number of aliphatic hydroxyl groups excluding tert-OH is 1. The minimum Gasteiger partial charge on any atom is -0.392 e. The summed E-state index contributed by atoms with van der Waals surface area (Å²) in [6, 6.07) is 0. The third-order valence-electron chi connectivity index (χ3n) is 3.79. The summed E-state index contributed by atoms with van der Waals surface area (Å²) in [4.78, 5) is 11.6. The predicted molar refractivity (Wildman–Crippen MR) is 43.3 cm³/mol. The second-order valence-electron chi connectivity index (χ2n) is 4.22. The van der Waals surface area contributed by atoms with Crippen LogP contribution in [0.2, 0.25) is 0 Å². The lowest BCUT2D eigenvalue weighted by atomic mass is 9.75. The van der Waals surface area contributed by atoms with Gasteiger partial charge in [0.05, 0.1) is 6.10 Å². The summed E-state index contributed by atoms with van der Waals surface area (Å²) in [5, 5.41) is 9.79. The largest absolute Gasteiger partial charge is 0.392 e. The molecule has 4 unspecified atom stereocenters. The minimum absolute atomic E-state index is 0.153. The number of Topliss-reactive ketones (excluding diaryl/α,β-unsaturated/α-hetero) is 1. The smallest absolute Gasteiger partial charge is 0.140 e. The summed E-state index contributed by atoms with van der Waals surface area (Å²) in [6.07, 6.45) is 5.87. The average molecular weight is 164 g/mol. The average Bonchev–Trinajstić information content (AvgIpc) is 2.41. The van der Waals surface area contributed by atoms with Crippen LogP contribution in [-0.4, -0.2) is 17.0 Å². The Morgan fingerprint density at radius 1 is 1.17 bits per heavy atom. The van der Waals surface area contributed by atoms with Gasteiger partial charge in [-0.3, -0.25) is 4.79 Å². The van der Waals surface area contributed by atoms with Gasteiger partial charge in [0.1, 0.15) is 5.78 Å². The van der Waals surface area contributed by atoms with Crippen LogP contribution < -0.4 is 0 Å². The molecule has 12 heavy (non-hydrogen) atoms. The topological polar surface area (TPSA) is 37.3 Å². The number of carbonyl (C=O) groups is 1. The van der Waals surface area contributed by atoms with E-state index in [0.717, 1.165) is 12.8 Å². The van der Waals surface area contributed by atoms with E-state index < -0.39 is 0 Å². The van der Waals surface area contributed by atoms with Gasteiger partial charge >= 0.3 is 0 Å². The molecular weight excluding hydrogens is 152 g/mol.